The van der Waals surface area contributed by atoms with Crippen molar-refractivity contribution in [2.45, 2.75) is 18.4 Å². The first kappa shape index (κ1) is 19.6. The summed E-state index contributed by atoms with van der Waals surface area (Å²) in [6.07, 6.45) is 1.54. The van der Waals surface area contributed by atoms with Crippen molar-refractivity contribution in [3.8, 4) is 0 Å². The van der Waals surface area contributed by atoms with E-state index >= 15 is 0 Å². The average molecular weight is 402 g/mol. The summed E-state index contributed by atoms with van der Waals surface area (Å²) in [4.78, 5) is 14.0. The number of carbonyl (C=O) groups is 1. The van der Waals surface area contributed by atoms with Gasteiger partial charge >= 0.3 is 0 Å². The van der Waals surface area contributed by atoms with Crippen LogP contribution in [0.25, 0.3) is 0 Å². The molecule has 0 fully saturated rings. The number of carbonyl (C=O) groups excluding carboxylic acids is 1. The SMILES string of the molecule is Cc1cc(F)ccc1S(=O)(=O)Nc1ccc(C(=O)N(C)Cc2ccco2)cc1. The molecule has 8 heteroatoms. The quantitative estimate of drug-likeness (QED) is 0.680. The summed E-state index contributed by atoms with van der Waals surface area (Å²) in [5.74, 6) is -0.0620. The first-order valence-corrected chi connectivity index (χ1v) is 9.91. The zero-order chi connectivity index (χ0) is 20.3. The molecule has 0 atom stereocenters. The normalized spacial score (nSPS) is 11.2. The maximum Gasteiger partial charge on any atom is 0.262 e. The van der Waals surface area contributed by atoms with E-state index in [-0.39, 0.29) is 10.8 Å². The van der Waals surface area contributed by atoms with Gasteiger partial charge in [-0.25, -0.2) is 12.8 Å². The van der Waals surface area contributed by atoms with E-state index in [1.54, 1.807) is 19.2 Å². The second kappa shape index (κ2) is 7.85. The summed E-state index contributed by atoms with van der Waals surface area (Å²) in [5.41, 5.74) is 1.02. The van der Waals surface area contributed by atoms with Gasteiger partial charge in [0.25, 0.3) is 15.9 Å². The molecule has 0 bridgehead atoms. The van der Waals surface area contributed by atoms with Crippen molar-refractivity contribution in [1.82, 2.24) is 4.90 Å². The van der Waals surface area contributed by atoms with Gasteiger partial charge in [-0.2, -0.15) is 0 Å². The molecule has 146 valence electrons. The van der Waals surface area contributed by atoms with Gasteiger partial charge in [0, 0.05) is 18.3 Å². The van der Waals surface area contributed by atoms with Gasteiger partial charge in [0.05, 0.1) is 17.7 Å². The minimum atomic E-state index is -3.87. The van der Waals surface area contributed by atoms with E-state index in [2.05, 4.69) is 4.72 Å². The molecule has 2 aromatic carbocycles. The second-order valence-corrected chi connectivity index (χ2v) is 7.98. The number of hydrogen-bond acceptors (Lipinski definition) is 4. The number of hydrogen-bond donors (Lipinski definition) is 1. The molecule has 0 unspecified atom stereocenters. The number of sulfonamides is 1. The Labute approximate surface area is 162 Å². The molecule has 6 nitrogen and oxygen atoms in total. The highest BCUT2D eigenvalue weighted by Crippen LogP contribution is 2.21. The topological polar surface area (TPSA) is 79.6 Å². The lowest BCUT2D eigenvalue weighted by Crippen LogP contribution is -2.26. The van der Waals surface area contributed by atoms with E-state index < -0.39 is 15.8 Å². The van der Waals surface area contributed by atoms with Gasteiger partial charge < -0.3 is 9.32 Å². The van der Waals surface area contributed by atoms with Crippen LogP contribution in [-0.4, -0.2) is 26.3 Å². The van der Waals surface area contributed by atoms with Gasteiger partial charge in [-0.3, -0.25) is 9.52 Å². The van der Waals surface area contributed by atoms with Crippen molar-refractivity contribution in [3.63, 3.8) is 0 Å². The van der Waals surface area contributed by atoms with Crippen molar-refractivity contribution < 1.29 is 22.0 Å². The average Bonchev–Trinajstić information content (AvgIpc) is 3.14. The first-order chi connectivity index (χ1) is 13.3. The van der Waals surface area contributed by atoms with Crippen molar-refractivity contribution in [1.29, 1.82) is 0 Å². The van der Waals surface area contributed by atoms with E-state index in [1.165, 1.54) is 48.4 Å². The fourth-order valence-electron chi connectivity index (χ4n) is 2.73. The summed E-state index contributed by atoms with van der Waals surface area (Å²) in [7, 11) is -2.22. The van der Waals surface area contributed by atoms with Crippen LogP contribution in [0.3, 0.4) is 0 Å². The molecule has 1 aromatic heterocycles. The Kier molecular flexibility index (Phi) is 5.51. The van der Waals surface area contributed by atoms with Gasteiger partial charge in [-0.15, -0.1) is 0 Å². The highest BCUT2D eigenvalue weighted by molar-refractivity contribution is 7.92. The van der Waals surface area contributed by atoms with Gasteiger partial charge in [0.15, 0.2) is 0 Å². The third-order valence-electron chi connectivity index (χ3n) is 4.13. The maximum atomic E-state index is 13.2. The molecule has 1 amide bonds. The molecule has 0 aliphatic carbocycles. The Balaban J connectivity index is 1.72. The van der Waals surface area contributed by atoms with Gasteiger partial charge in [-0.05, 0) is 67.1 Å². The summed E-state index contributed by atoms with van der Waals surface area (Å²) < 4.78 is 45.9. The van der Waals surface area contributed by atoms with E-state index in [0.717, 1.165) is 12.1 Å². The molecule has 0 aliphatic heterocycles. The van der Waals surface area contributed by atoms with Crippen LogP contribution in [0.4, 0.5) is 10.1 Å². The summed E-state index contributed by atoms with van der Waals surface area (Å²) in [6, 6.07) is 13.1. The van der Waals surface area contributed by atoms with Crippen LogP contribution < -0.4 is 4.72 Å². The molecule has 0 spiro atoms. The molecule has 0 radical (unpaired) electrons. The van der Waals surface area contributed by atoms with Gasteiger partial charge in [-0.1, -0.05) is 0 Å². The number of nitrogens with one attached hydrogen (secondary N) is 1. The Bertz CT molecular complexity index is 1080. The first-order valence-electron chi connectivity index (χ1n) is 8.43. The lowest BCUT2D eigenvalue weighted by atomic mass is 10.2. The van der Waals surface area contributed by atoms with Crippen molar-refractivity contribution >= 4 is 21.6 Å². The lowest BCUT2D eigenvalue weighted by molar-refractivity contribution is 0.0775. The molecule has 0 aliphatic rings. The van der Waals surface area contributed by atoms with Crippen LogP contribution in [-0.2, 0) is 16.6 Å². The number of furan rings is 1. The molecule has 0 saturated carbocycles. The Morgan fingerprint density at radius 2 is 1.86 bits per heavy atom. The predicted molar refractivity (Wildman–Crippen MR) is 103 cm³/mol. The second-order valence-electron chi connectivity index (χ2n) is 6.33. The van der Waals surface area contributed by atoms with Gasteiger partial charge in [0.1, 0.15) is 11.6 Å². The number of rotatable bonds is 6. The Morgan fingerprint density at radius 1 is 1.14 bits per heavy atom. The standard InChI is InChI=1S/C20H19FN2O4S/c1-14-12-16(21)7-10-19(14)28(25,26)22-17-8-5-15(6-9-17)20(24)23(2)13-18-4-3-11-27-18/h3-12,22H,13H2,1-2H3. The molecule has 1 N–H and O–H groups in total. The van der Waals surface area contributed by atoms with Crippen LogP contribution in [0.5, 0.6) is 0 Å². The minimum Gasteiger partial charge on any atom is -0.467 e. The Hall–Kier alpha value is -3.13. The molecule has 3 rings (SSSR count). The maximum absolute atomic E-state index is 13.2. The summed E-state index contributed by atoms with van der Waals surface area (Å²) >= 11 is 0. The zero-order valence-electron chi connectivity index (χ0n) is 15.3. The lowest BCUT2D eigenvalue weighted by Gasteiger charge is -2.16. The van der Waals surface area contributed by atoms with Crippen molar-refractivity contribution in [2.24, 2.45) is 0 Å². The van der Waals surface area contributed by atoms with Crippen LogP contribution in [0, 0.1) is 12.7 Å². The molecule has 0 saturated heterocycles. The molecular formula is C20H19FN2O4S. The zero-order valence-corrected chi connectivity index (χ0v) is 16.2. The van der Waals surface area contributed by atoms with Crippen molar-refractivity contribution in [3.05, 3.63) is 83.6 Å². The molecule has 28 heavy (non-hydrogen) atoms. The third kappa shape index (κ3) is 4.40. The van der Waals surface area contributed by atoms with Gasteiger partial charge in [0.2, 0.25) is 0 Å². The highest BCUT2D eigenvalue weighted by Gasteiger charge is 2.18. The van der Waals surface area contributed by atoms with E-state index in [9.17, 15) is 17.6 Å². The molecule has 1 heterocycles. The fourth-order valence-corrected chi connectivity index (χ4v) is 4.02. The van der Waals surface area contributed by atoms with Crippen LogP contribution in [0.15, 0.2) is 70.2 Å². The van der Waals surface area contributed by atoms with Crippen molar-refractivity contribution in [2.75, 3.05) is 11.8 Å². The summed E-state index contributed by atoms with van der Waals surface area (Å²) in [5, 5.41) is 0. The van der Waals surface area contributed by atoms with Crippen LogP contribution in [0.2, 0.25) is 0 Å². The van der Waals surface area contributed by atoms with Crippen LogP contribution in [0.1, 0.15) is 21.7 Å². The number of amides is 1. The monoisotopic (exact) mass is 402 g/mol. The number of nitrogens with zero attached hydrogens (tertiary/aromatic N) is 1. The number of benzene rings is 2. The van der Waals surface area contributed by atoms with E-state index in [4.69, 9.17) is 4.42 Å². The predicted octanol–water partition coefficient (Wildman–Crippen LogP) is 3.80. The minimum absolute atomic E-state index is 0.00719. The highest BCUT2D eigenvalue weighted by atomic mass is 32.2. The number of anilines is 1. The summed E-state index contributed by atoms with van der Waals surface area (Å²) in [6.45, 7) is 1.85. The number of halogens is 1. The Morgan fingerprint density at radius 3 is 2.46 bits per heavy atom. The number of aryl methyl sites for hydroxylation is 1. The van der Waals surface area contributed by atoms with E-state index in [1.807, 2.05) is 0 Å². The molecule has 3 aromatic rings. The third-order valence-corrected chi connectivity index (χ3v) is 5.67. The largest absolute Gasteiger partial charge is 0.467 e. The smallest absolute Gasteiger partial charge is 0.262 e. The van der Waals surface area contributed by atoms with E-state index in [0.29, 0.717) is 29.1 Å². The van der Waals surface area contributed by atoms with Crippen LogP contribution >= 0.6 is 0 Å². The molecular weight excluding hydrogens is 383 g/mol. The fraction of sp³-hybridized carbons (Fsp3) is 0.150.